The summed E-state index contributed by atoms with van der Waals surface area (Å²) in [5.41, 5.74) is 1.59. The Morgan fingerprint density at radius 1 is 1.04 bits per heavy atom. The second kappa shape index (κ2) is 7.66. The van der Waals surface area contributed by atoms with Crippen LogP contribution in [0.15, 0.2) is 48.5 Å². The maximum Gasteiger partial charge on any atom is 0.255 e. The van der Waals surface area contributed by atoms with E-state index < -0.39 is 0 Å². The molecule has 0 radical (unpaired) electrons. The van der Waals surface area contributed by atoms with Crippen molar-refractivity contribution in [2.24, 2.45) is 17.8 Å². The molecular formula is C22H21IN2O3. The average molecular weight is 488 g/mol. The highest BCUT2D eigenvalue weighted by molar-refractivity contribution is 14.1. The van der Waals surface area contributed by atoms with Crippen LogP contribution in [0.25, 0.3) is 0 Å². The van der Waals surface area contributed by atoms with Gasteiger partial charge in [-0.2, -0.15) is 0 Å². The molecule has 1 aliphatic carbocycles. The van der Waals surface area contributed by atoms with Gasteiger partial charge in [0.1, 0.15) is 0 Å². The van der Waals surface area contributed by atoms with Crippen molar-refractivity contribution in [2.75, 3.05) is 10.2 Å². The van der Waals surface area contributed by atoms with E-state index in [2.05, 4.69) is 34.8 Å². The molecule has 1 N–H and O–H groups in total. The van der Waals surface area contributed by atoms with E-state index in [1.165, 1.54) is 4.90 Å². The number of nitrogens with zero attached hydrogens (tertiary/aromatic N) is 1. The molecule has 0 spiro atoms. The predicted molar refractivity (Wildman–Crippen MR) is 116 cm³/mol. The first-order valence-electron chi connectivity index (χ1n) is 9.49. The molecular weight excluding hydrogens is 467 g/mol. The number of halogens is 1. The number of rotatable bonds is 3. The molecule has 28 heavy (non-hydrogen) atoms. The summed E-state index contributed by atoms with van der Waals surface area (Å²) in [7, 11) is 0. The molecule has 2 aliphatic rings. The monoisotopic (exact) mass is 488 g/mol. The largest absolute Gasteiger partial charge is 0.322 e. The summed E-state index contributed by atoms with van der Waals surface area (Å²) in [6.07, 6.45) is 2.51. The van der Waals surface area contributed by atoms with Crippen molar-refractivity contribution in [3.63, 3.8) is 0 Å². The fraction of sp³-hybridized carbons (Fsp3) is 0.318. The van der Waals surface area contributed by atoms with E-state index in [1.807, 2.05) is 24.3 Å². The molecule has 3 amide bonds. The van der Waals surface area contributed by atoms with Crippen LogP contribution < -0.4 is 10.2 Å². The van der Waals surface area contributed by atoms with Gasteiger partial charge in [0.15, 0.2) is 0 Å². The summed E-state index contributed by atoms with van der Waals surface area (Å²) in [5, 5.41) is 2.85. The minimum atomic E-state index is -0.270. The van der Waals surface area contributed by atoms with Crippen molar-refractivity contribution in [1.82, 2.24) is 0 Å². The third-order valence-corrected chi connectivity index (χ3v) is 6.38. The Labute approximate surface area is 177 Å². The first-order chi connectivity index (χ1) is 13.4. The zero-order valence-electron chi connectivity index (χ0n) is 15.5. The molecule has 0 unspecified atom stereocenters. The summed E-state index contributed by atoms with van der Waals surface area (Å²) in [6, 6.07) is 14.2. The molecule has 144 valence electrons. The van der Waals surface area contributed by atoms with Gasteiger partial charge in [0.25, 0.3) is 5.91 Å². The maximum atomic E-state index is 12.9. The first-order valence-corrected chi connectivity index (χ1v) is 10.6. The highest BCUT2D eigenvalue weighted by Crippen LogP contribution is 2.42. The molecule has 2 fully saturated rings. The number of carbonyl (C=O) groups is 3. The van der Waals surface area contributed by atoms with Crippen molar-refractivity contribution in [1.29, 1.82) is 0 Å². The number of benzene rings is 2. The lowest BCUT2D eigenvalue weighted by atomic mass is 9.76. The molecule has 1 aliphatic heterocycles. The van der Waals surface area contributed by atoms with Gasteiger partial charge in [-0.3, -0.25) is 19.3 Å². The summed E-state index contributed by atoms with van der Waals surface area (Å²) in [4.78, 5) is 39.7. The minimum absolute atomic E-state index is 0.128. The predicted octanol–water partition coefficient (Wildman–Crippen LogP) is 4.47. The highest BCUT2D eigenvalue weighted by atomic mass is 127. The number of carbonyl (C=O) groups excluding carboxylic acids is 3. The summed E-state index contributed by atoms with van der Waals surface area (Å²) in [6.45, 7) is 2.13. The zero-order valence-corrected chi connectivity index (χ0v) is 17.7. The summed E-state index contributed by atoms with van der Waals surface area (Å²) >= 11 is 2.20. The number of amides is 3. The van der Waals surface area contributed by atoms with Crippen LogP contribution in [0, 0.1) is 21.3 Å². The molecule has 6 heteroatoms. The Hall–Kier alpha value is -2.22. The molecule has 5 nitrogen and oxygen atoms in total. The number of fused-ring (bicyclic) bond motifs is 1. The van der Waals surface area contributed by atoms with Gasteiger partial charge in [-0.15, -0.1) is 0 Å². The Balaban J connectivity index is 1.56. The smallest absolute Gasteiger partial charge is 0.255 e. The highest BCUT2D eigenvalue weighted by Gasteiger charge is 2.50. The molecule has 3 atom stereocenters. The van der Waals surface area contributed by atoms with Crippen molar-refractivity contribution < 1.29 is 14.4 Å². The van der Waals surface area contributed by atoms with Gasteiger partial charge in [-0.1, -0.05) is 13.0 Å². The van der Waals surface area contributed by atoms with Crippen LogP contribution in [0.2, 0.25) is 0 Å². The van der Waals surface area contributed by atoms with E-state index in [0.717, 1.165) is 22.8 Å². The quantitative estimate of drug-likeness (QED) is 0.513. The number of anilines is 2. The van der Waals surface area contributed by atoms with Crippen molar-refractivity contribution in [3.8, 4) is 0 Å². The first kappa shape index (κ1) is 19.1. The van der Waals surface area contributed by atoms with E-state index in [4.69, 9.17) is 0 Å². The van der Waals surface area contributed by atoms with Crippen molar-refractivity contribution in [3.05, 3.63) is 57.7 Å². The van der Waals surface area contributed by atoms with Crippen molar-refractivity contribution in [2.45, 2.75) is 26.2 Å². The lowest BCUT2D eigenvalue weighted by molar-refractivity contribution is -0.122. The summed E-state index contributed by atoms with van der Waals surface area (Å²) < 4.78 is 1.08. The lowest BCUT2D eigenvalue weighted by Gasteiger charge is -2.25. The van der Waals surface area contributed by atoms with Crippen LogP contribution >= 0.6 is 22.6 Å². The van der Waals surface area contributed by atoms with Crippen LogP contribution in [0.1, 0.15) is 36.5 Å². The van der Waals surface area contributed by atoms with E-state index in [-0.39, 0.29) is 29.6 Å². The van der Waals surface area contributed by atoms with E-state index in [0.29, 0.717) is 22.9 Å². The fourth-order valence-electron chi connectivity index (χ4n) is 4.17. The molecule has 0 aromatic heterocycles. The third kappa shape index (κ3) is 3.57. The van der Waals surface area contributed by atoms with Gasteiger partial charge >= 0.3 is 0 Å². The van der Waals surface area contributed by atoms with Gasteiger partial charge in [0, 0.05) is 14.8 Å². The van der Waals surface area contributed by atoms with Gasteiger partial charge in [-0.25, -0.2) is 0 Å². The second-order valence-electron chi connectivity index (χ2n) is 7.65. The van der Waals surface area contributed by atoms with Crippen molar-refractivity contribution >= 4 is 51.7 Å². The number of hydrogen-bond acceptors (Lipinski definition) is 3. The number of imide groups is 1. The van der Waals surface area contributed by atoms with Crippen LogP contribution in [0.5, 0.6) is 0 Å². The van der Waals surface area contributed by atoms with E-state index in [9.17, 15) is 14.4 Å². The van der Waals surface area contributed by atoms with E-state index in [1.54, 1.807) is 24.3 Å². The molecule has 1 heterocycles. The Morgan fingerprint density at radius 2 is 1.75 bits per heavy atom. The molecule has 2 aromatic rings. The van der Waals surface area contributed by atoms with Crippen LogP contribution in [0.3, 0.4) is 0 Å². The average Bonchev–Trinajstić information content (AvgIpc) is 2.93. The third-order valence-electron chi connectivity index (χ3n) is 5.66. The van der Waals surface area contributed by atoms with Gasteiger partial charge < -0.3 is 5.32 Å². The standard InChI is InChI=1S/C22H21IN2O3/c1-13-5-10-18-19(11-13)22(28)25(21(18)27)17-4-2-3-14(12-17)20(26)24-16-8-6-15(23)7-9-16/h2-4,6-9,12-13,18-19H,5,10-11H2,1H3,(H,24,26)/t13-,18+,19+/m1/s1. The van der Waals surface area contributed by atoms with E-state index >= 15 is 0 Å². The maximum absolute atomic E-state index is 12.9. The lowest BCUT2D eigenvalue weighted by Crippen LogP contribution is -2.31. The van der Waals surface area contributed by atoms with Crippen LogP contribution in [-0.4, -0.2) is 17.7 Å². The molecule has 4 rings (SSSR count). The van der Waals surface area contributed by atoms with Crippen LogP contribution in [-0.2, 0) is 9.59 Å². The fourth-order valence-corrected chi connectivity index (χ4v) is 4.53. The zero-order chi connectivity index (χ0) is 19.8. The molecule has 2 aromatic carbocycles. The Kier molecular flexibility index (Phi) is 5.23. The summed E-state index contributed by atoms with van der Waals surface area (Å²) in [5.74, 6) is -0.500. The van der Waals surface area contributed by atoms with Gasteiger partial charge in [0.2, 0.25) is 11.8 Å². The topological polar surface area (TPSA) is 66.5 Å². The van der Waals surface area contributed by atoms with Gasteiger partial charge in [-0.05, 0) is 90.2 Å². The number of hydrogen-bond donors (Lipinski definition) is 1. The molecule has 0 bridgehead atoms. The van der Waals surface area contributed by atoms with Crippen LogP contribution in [0.4, 0.5) is 11.4 Å². The number of nitrogens with one attached hydrogen (secondary N) is 1. The molecule has 1 saturated heterocycles. The molecule has 1 saturated carbocycles. The SMILES string of the molecule is C[C@@H]1CC[C@@H]2C(=O)N(c3cccc(C(=O)Nc4ccc(I)cc4)c3)C(=O)[C@H]2C1. The minimum Gasteiger partial charge on any atom is -0.322 e. The van der Waals surface area contributed by atoms with Gasteiger partial charge in [0.05, 0.1) is 17.5 Å². The second-order valence-corrected chi connectivity index (χ2v) is 8.90. The Morgan fingerprint density at radius 3 is 2.50 bits per heavy atom. The normalized spacial score (nSPS) is 24.2. The Bertz CT molecular complexity index is 941.